The molecule has 1 N–H and O–H groups in total. The fourth-order valence-corrected chi connectivity index (χ4v) is 3.63. The summed E-state index contributed by atoms with van der Waals surface area (Å²) in [6.45, 7) is 0.944. The number of carboxylic acid groups (broad SMARTS) is 1. The van der Waals surface area contributed by atoms with Crippen LogP contribution < -0.4 is 0 Å². The van der Waals surface area contributed by atoms with Crippen molar-refractivity contribution in [2.24, 2.45) is 5.92 Å². The number of likely N-dealkylation sites (tertiary alicyclic amines) is 1. The summed E-state index contributed by atoms with van der Waals surface area (Å²) < 4.78 is 1.25. The van der Waals surface area contributed by atoms with Gasteiger partial charge in [-0.05, 0) is 28.8 Å². The van der Waals surface area contributed by atoms with Crippen LogP contribution in [0.4, 0.5) is 0 Å². The molecule has 20 heavy (non-hydrogen) atoms. The van der Waals surface area contributed by atoms with E-state index in [1.807, 2.05) is 12.1 Å². The minimum Gasteiger partial charge on any atom is -0.481 e. The van der Waals surface area contributed by atoms with Gasteiger partial charge in [0.05, 0.1) is 5.92 Å². The molecule has 1 fully saturated rings. The van der Waals surface area contributed by atoms with E-state index in [9.17, 15) is 9.59 Å². The van der Waals surface area contributed by atoms with E-state index in [2.05, 4.69) is 17.5 Å². The summed E-state index contributed by atoms with van der Waals surface area (Å²) in [5.74, 6) is -1.46. The molecule has 1 unspecified atom stereocenters. The lowest BCUT2D eigenvalue weighted by atomic mass is 10.1. The first kappa shape index (κ1) is 13.1. The summed E-state index contributed by atoms with van der Waals surface area (Å²) in [4.78, 5) is 24.4. The van der Waals surface area contributed by atoms with Crippen LogP contribution in [0.15, 0.2) is 29.6 Å². The van der Waals surface area contributed by atoms with E-state index in [1.54, 1.807) is 16.2 Å². The van der Waals surface area contributed by atoms with E-state index in [0.717, 1.165) is 6.42 Å². The maximum Gasteiger partial charge on any atom is 0.308 e. The van der Waals surface area contributed by atoms with Gasteiger partial charge < -0.3 is 10.0 Å². The second-order valence-corrected chi connectivity index (χ2v) is 6.00. The Morgan fingerprint density at radius 2 is 2.20 bits per heavy atom. The quantitative estimate of drug-likeness (QED) is 0.940. The van der Waals surface area contributed by atoms with Gasteiger partial charge in [-0.15, -0.1) is 11.3 Å². The number of rotatable bonds is 4. The molecule has 5 heteroatoms. The van der Waals surface area contributed by atoms with Crippen LogP contribution in [0.25, 0.3) is 10.1 Å². The summed E-state index contributed by atoms with van der Waals surface area (Å²) in [5, 5.41) is 12.3. The van der Waals surface area contributed by atoms with Crippen molar-refractivity contribution in [2.45, 2.75) is 12.8 Å². The number of carbonyl (C=O) groups is 2. The number of carbonyl (C=O) groups excluding carboxylic acids is 1. The molecule has 3 rings (SSSR count). The minimum atomic E-state index is -0.873. The fraction of sp³-hybridized carbons (Fsp3) is 0.333. The third-order valence-corrected chi connectivity index (χ3v) is 4.79. The lowest BCUT2D eigenvalue weighted by Gasteiger charge is -2.15. The van der Waals surface area contributed by atoms with Crippen molar-refractivity contribution in [1.29, 1.82) is 0 Å². The minimum absolute atomic E-state index is 0.0445. The van der Waals surface area contributed by atoms with Crippen molar-refractivity contribution >= 4 is 33.3 Å². The third kappa shape index (κ3) is 2.41. The van der Waals surface area contributed by atoms with Crippen LogP contribution in [-0.4, -0.2) is 35.0 Å². The molecule has 0 bridgehead atoms. The highest BCUT2D eigenvalue weighted by atomic mass is 32.1. The highest BCUT2D eigenvalue weighted by molar-refractivity contribution is 7.17. The molecule has 1 amide bonds. The molecule has 2 aromatic rings. The number of benzene rings is 1. The fourth-order valence-electron chi connectivity index (χ4n) is 2.64. The standard InChI is InChI=1S/C15H15NO3S/c17-14-7-11(15(18)19)8-16(14)6-5-10-9-20-13-4-2-1-3-12(10)13/h1-4,9,11H,5-8H2,(H,18,19). The SMILES string of the molecule is O=C(O)C1CC(=O)N(CCc2csc3ccccc23)C1. The molecule has 1 aliphatic heterocycles. The van der Waals surface area contributed by atoms with Gasteiger partial charge in [-0.3, -0.25) is 9.59 Å². The van der Waals surface area contributed by atoms with E-state index in [1.165, 1.54) is 15.6 Å². The molecule has 104 valence electrons. The van der Waals surface area contributed by atoms with Crippen LogP contribution >= 0.6 is 11.3 Å². The molecule has 1 aromatic carbocycles. The molecule has 0 saturated carbocycles. The number of aliphatic carboxylic acids is 1. The summed E-state index contributed by atoms with van der Waals surface area (Å²) in [6, 6.07) is 8.21. The number of nitrogens with zero attached hydrogens (tertiary/aromatic N) is 1. The number of hydrogen-bond acceptors (Lipinski definition) is 3. The Hall–Kier alpha value is -1.88. The lowest BCUT2D eigenvalue weighted by molar-refractivity contribution is -0.141. The monoisotopic (exact) mass is 289 g/mol. The van der Waals surface area contributed by atoms with Gasteiger partial charge in [0.15, 0.2) is 0 Å². The van der Waals surface area contributed by atoms with E-state index in [4.69, 9.17) is 5.11 Å². The Balaban J connectivity index is 1.68. The van der Waals surface area contributed by atoms with E-state index >= 15 is 0 Å². The Morgan fingerprint density at radius 3 is 2.95 bits per heavy atom. The average molecular weight is 289 g/mol. The molecule has 1 aliphatic rings. The van der Waals surface area contributed by atoms with Crippen molar-refractivity contribution in [3.05, 3.63) is 35.2 Å². The van der Waals surface area contributed by atoms with Crippen LogP contribution in [0, 0.1) is 5.92 Å². The molecular weight excluding hydrogens is 274 g/mol. The maximum absolute atomic E-state index is 11.8. The lowest BCUT2D eigenvalue weighted by Crippen LogP contribution is -2.28. The number of fused-ring (bicyclic) bond motifs is 1. The second kappa shape index (κ2) is 5.25. The van der Waals surface area contributed by atoms with E-state index in [-0.39, 0.29) is 12.3 Å². The summed E-state index contributed by atoms with van der Waals surface area (Å²) >= 11 is 1.71. The number of amides is 1. The summed E-state index contributed by atoms with van der Waals surface area (Å²) in [7, 11) is 0. The summed E-state index contributed by atoms with van der Waals surface area (Å²) in [6.07, 6.45) is 0.918. The molecule has 1 aromatic heterocycles. The molecule has 0 spiro atoms. The zero-order valence-electron chi connectivity index (χ0n) is 10.9. The first-order chi connectivity index (χ1) is 9.65. The van der Waals surface area contributed by atoms with E-state index in [0.29, 0.717) is 13.1 Å². The Bertz CT molecular complexity index is 664. The third-order valence-electron chi connectivity index (χ3n) is 3.78. The highest BCUT2D eigenvalue weighted by Gasteiger charge is 2.33. The zero-order valence-corrected chi connectivity index (χ0v) is 11.7. The van der Waals surface area contributed by atoms with Gasteiger partial charge in [-0.2, -0.15) is 0 Å². The second-order valence-electron chi connectivity index (χ2n) is 5.09. The Labute approximate surface area is 120 Å². The smallest absolute Gasteiger partial charge is 0.308 e. The zero-order chi connectivity index (χ0) is 14.1. The predicted molar refractivity (Wildman–Crippen MR) is 77.9 cm³/mol. The molecular formula is C15H15NO3S. The van der Waals surface area contributed by atoms with Crippen LogP contribution in [0.1, 0.15) is 12.0 Å². The Morgan fingerprint density at radius 1 is 1.40 bits per heavy atom. The van der Waals surface area contributed by atoms with Gasteiger partial charge >= 0.3 is 5.97 Å². The maximum atomic E-state index is 11.8. The molecule has 0 aliphatic carbocycles. The van der Waals surface area contributed by atoms with Gasteiger partial charge in [0, 0.05) is 24.2 Å². The molecule has 1 saturated heterocycles. The number of thiophene rings is 1. The van der Waals surface area contributed by atoms with Gasteiger partial charge in [-0.25, -0.2) is 0 Å². The molecule has 0 radical (unpaired) electrons. The van der Waals surface area contributed by atoms with Crippen LogP contribution in [0.3, 0.4) is 0 Å². The van der Waals surface area contributed by atoms with Gasteiger partial charge in [0.1, 0.15) is 0 Å². The summed E-state index contributed by atoms with van der Waals surface area (Å²) in [5.41, 5.74) is 1.23. The van der Waals surface area contributed by atoms with Gasteiger partial charge in [0.25, 0.3) is 0 Å². The highest BCUT2D eigenvalue weighted by Crippen LogP contribution is 2.26. The first-order valence-electron chi connectivity index (χ1n) is 6.61. The van der Waals surface area contributed by atoms with Crippen LogP contribution in [0.5, 0.6) is 0 Å². The van der Waals surface area contributed by atoms with Gasteiger partial charge in [-0.1, -0.05) is 18.2 Å². The van der Waals surface area contributed by atoms with Crippen LogP contribution in [0.2, 0.25) is 0 Å². The number of hydrogen-bond donors (Lipinski definition) is 1. The normalized spacial score (nSPS) is 18.9. The molecule has 4 nitrogen and oxygen atoms in total. The first-order valence-corrected chi connectivity index (χ1v) is 7.49. The van der Waals surface area contributed by atoms with Crippen molar-refractivity contribution < 1.29 is 14.7 Å². The van der Waals surface area contributed by atoms with Crippen molar-refractivity contribution in [3.63, 3.8) is 0 Å². The van der Waals surface area contributed by atoms with Gasteiger partial charge in [0.2, 0.25) is 5.91 Å². The largest absolute Gasteiger partial charge is 0.481 e. The van der Waals surface area contributed by atoms with Crippen molar-refractivity contribution in [1.82, 2.24) is 4.90 Å². The predicted octanol–water partition coefficient (Wildman–Crippen LogP) is 2.38. The van der Waals surface area contributed by atoms with Crippen molar-refractivity contribution in [2.75, 3.05) is 13.1 Å². The molecule has 1 atom stereocenters. The average Bonchev–Trinajstić information content (AvgIpc) is 3.00. The topological polar surface area (TPSA) is 57.6 Å². The van der Waals surface area contributed by atoms with Crippen LogP contribution in [-0.2, 0) is 16.0 Å². The molecule has 2 heterocycles. The Kier molecular flexibility index (Phi) is 3.44. The van der Waals surface area contributed by atoms with Crippen molar-refractivity contribution in [3.8, 4) is 0 Å². The number of carboxylic acids is 1. The van der Waals surface area contributed by atoms with E-state index < -0.39 is 11.9 Å².